The minimum absolute atomic E-state index is 0.113. The first-order valence-corrected chi connectivity index (χ1v) is 5.28. The Morgan fingerprint density at radius 1 is 1.13 bits per heavy atom. The lowest BCUT2D eigenvalue weighted by Gasteiger charge is -2.25. The van der Waals surface area contributed by atoms with Gasteiger partial charge >= 0.3 is 5.69 Å². The highest BCUT2D eigenvalue weighted by Gasteiger charge is 2.29. The summed E-state index contributed by atoms with van der Waals surface area (Å²) < 4.78 is 2.96. The van der Waals surface area contributed by atoms with Crippen molar-refractivity contribution in [3.8, 4) is 0 Å². The number of hydrogen-bond acceptors (Lipinski definition) is 3. The maximum absolute atomic E-state index is 11.9. The lowest BCUT2D eigenvalue weighted by molar-refractivity contribution is 0.644. The molecule has 2 aliphatic heterocycles. The van der Waals surface area contributed by atoms with Crippen LogP contribution in [0.5, 0.6) is 0 Å². The largest absolute Gasteiger partial charge is 0.356 e. The van der Waals surface area contributed by atoms with Gasteiger partial charge in [0.05, 0.1) is 5.56 Å². The molecule has 80 valence electrons. The Bertz CT molecular complexity index is 541. The molecule has 0 amide bonds. The monoisotopic (exact) mass is 207 g/mol. The van der Waals surface area contributed by atoms with Crippen LogP contribution in [0, 0.1) is 0 Å². The van der Waals surface area contributed by atoms with Gasteiger partial charge < -0.3 is 4.90 Å². The van der Waals surface area contributed by atoms with E-state index in [9.17, 15) is 9.59 Å². The third-order valence-electron chi connectivity index (χ3n) is 3.35. The highest BCUT2D eigenvalue weighted by Crippen LogP contribution is 2.26. The van der Waals surface area contributed by atoms with Gasteiger partial charge in [-0.25, -0.2) is 4.79 Å². The van der Waals surface area contributed by atoms with Crippen molar-refractivity contribution in [2.24, 2.45) is 7.05 Å². The fourth-order valence-corrected chi connectivity index (χ4v) is 2.59. The second kappa shape index (κ2) is 2.74. The smallest absolute Gasteiger partial charge is 0.332 e. The van der Waals surface area contributed by atoms with Gasteiger partial charge in [-0.15, -0.1) is 0 Å². The summed E-state index contributed by atoms with van der Waals surface area (Å²) in [4.78, 5) is 25.9. The minimum atomic E-state index is -0.178. The van der Waals surface area contributed by atoms with E-state index in [0.29, 0.717) is 0 Å². The average Bonchev–Trinajstić information content (AvgIpc) is 2.68. The molecule has 2 aliphatic rings. The van der Waals surface area contributed by atoms with E-state index in [1.165, 1.54) is 4.57 Å². The average molecular weight is 207 g/mol. The van der Waals surface area contributed by atoms with Crippen molar-refractivity contribution in [2.45, 2.75) is 19.4 Å². The highest BCUT2D eigenvalue weighted by atomic mass is 16.2. The van der Waals surface area contributed by atoms with Crippen LogP contribution in [-0.4, -0.2) is 22.2 Å². The van der Waals surface area contributed by atoms with Gasteiger partial charge in [0.15, 0.2) is 0 Å². The first-order chi connectivity index (χ1) is 7.20. The van der Waals surface area contributed by atoms with E-state index in [1.54, 1.807) is 11.6 Å². The zero-order chi connectivity index (χ0) is 10.6. The van der Waals surface area contributed by atoms with Crippen LogP contribution in [0.2, 0.25) is 0 Å². The summed E-state index contributed by atoms with van der Waals surface area (Å²) >= 11 is 0. The van der Waals surface area contributed by atoms with Crippen molar-refractivity contribution in [2.75, 3.05) is 18.0 Å². The van der Waals surface area contributed by atoms with Crippen LogP contribution in [0.25, 0.3) is 0 Å². The third kappa shape index (κ3) is 0.976. The Labute approximate surface area is 86.6 Å². The van der Waals surface area contributed by atoms with E-state index in [4.69, 9.17) is 0 Å². The van der Waals surface area contributed by atoms with Crippen molar-refractivity contribution >= 4 is 5.82 Å². The van der Waals surface area contributed by atoms with Crippen LogP contribution in [0.4, 0.5) is 5.82 Å². The summed E-state index contributed by atoms with van der Waals surface area (Å²) in [5.74, 6) is 0.884. The van der Waals surface area contributed by atoms with Crippen LogP contribution in [0.15, 0.2) is 9.59 Å². The van der Waals surface area contributed by atoms with Crippen LogP contribution >= 0.6 is 0 Å². The van der Waals surface area contributed by atoms with Crippen molar-refractivity contribution in [3.63, 3.8) is 0 Å². The number of rotatable bonds is 0. The predicted molar refractivity (Wildman–Crippen MR) is 56.5 cm³/mol. The van der Waals surface area contributed by atoms with Crippen LogP contribution < -0.4 is 16.1 Å². The molecule has 0 aromatic carbocycles. The van der Waals surface area contributed by atoms with Crippen molar-refractivity contribution in [1.29, 1.82) is 0 Å². The van der Waals surface area contributed by atoms with Gasteiger partial charge in [0.1, 0.15) is 5.82 Å². The first kappa shape index (κ1) is 8.76. The molecule has 0 N–H and O–H groups in total. The van der Waals surface area contributed by atoms with Gasteiger partial charge in [-0.05, 0) is 12.8 Å². The standard InChI is InChI=1S/C10H13N3O2/c1-11-9(14)7-3-2-4-12-5-6-13(8(7)12)10(11)15/h2-6H2,1H3. The maximum Gasteiger partial charge on any atom is 0.332 e. The Hall–Kier alpha value is -1.52. The topological polar surface area (TPSA) is 47.2 Å². The predicted octanol–water partition coefficient (Wildman–Crippen LogP) is -0.687. The van der Waals surface area contributed by atoms with Crippen LogP contribution in [0.1, 0.15) is 12.0 Å². The Morgan fingerprint density at radius 3 is 2.73 bits per heavy atom. The molecule has 0 aliphatic carbocycles. The third-order valence-corrected chi connectivity index (χ3v) is 3.35. The normalized spacial score (nSPS) is 18.1. The van der Waals surface area contributed by atoms with Crippen molar-refractivity contribution in [1.82, 2.24) is 9.13 Å². The molecule has 1 aromatic rings. The van der Waals surface area contributed by atoms with Gasteiger partial charge in [-0.3, -0.25) is 13.9 Å². The molecule has 0 spiro atoms. The molecule has 0 saturated carbocycles. The molecular formula is C10H13N3O2. The number of nitrogens with zero attached hydrogens (tertiary/aromatic N) is 3. The molecule has 0 atom stereocenters. The summed E-state index contributed by atoms with van der Waals surface area (Å²) in [5, 5.41) is 0. The lowest BCUT2D eigenvalue weighted by Crippen LogP contribution is -2.41. The van der Waals surface area contributed by atoms with Crippen LogP contribution in [0.3, 0.4) is 0 Å². The van der Waals surface area contributed by atoms with Gasteiger partial charge in [-0.2, -0.15) is 0 Å². The number of hydrogen-bond donors (Lipinski definition) is 0. The molecule has 3 heterocycles. The van der Waals surface area contributed by atoms with E-state index >= 15 is 0 Å². The van der Waals surface area contributed by atoms with Gasteiger partial charge in [-0.1, -0.05) is 0 Å². The Balaban J connectivity index is 2.45. The van der Waals surface area contributed by atoms with E-state index in [-0.39, 0.29) is 11.2 Å². The second-order valence-electron chi connectivity index (χ2n) is 4.19. The number of aromatic nitrogens is 2. The van der Waals surface area contributed by atoms with Gasteiger partial charge in [0.25, 0.3) is 5.56 Å². The molecule has 0 bridgehead atoms. The zero-order valence-electron chi connectivity index (χ0n) is 8.69. The fourth-order valence-electron chi connectivity index (χ4n) is 2.59. The molecular weight excluding hydrogens is 194 g/mol. The maximum atomic E-state index is 11.9. The van der Waals surface area contributed by atoms with Gasteiger partial charge in [0.2, 0.25) is 0 Å². The van der Waals surface area contributed by atoms with Gasteiger partial charge in [0, 0.05) is 26.7 Å². The minimum Gasteiger partial charge on any atom is -0.356 e. The zero-order valence-corrected chi connectivity index (χ0v) is 8.69. The van der Waals surface area contributed by atoms with E-state index in [1.807, 2.05) is 0 Å². The molecule has 0 saturated heterocycles. The molecule has 3 rings (SSSR count). The summed E-state index contributed by atoms with van der Waals surface area (Å²) in [6.07, 6.45) is 1.82. The second-order valence-corrected chi connectivity index (χ2v) is 4.19. The van der Waals surface area contributed by atoms with E-state index in [2.05, 4.69) is 4.90 Å². The van der Waals surface area contributed by atoms with E-state index in [0.717, 1.165) is 43.9 Å². The summed E-state index contributed by atoms with van der Waals surface area (Å²) in [5.41, 5.74) is 0.529. The quantitative estimate of drug-likeness (QED) is 0.566. The first-order valence-electron chi connectivity index (χ1n) is 5.28. The van der Waals surface area contributed by atoms with Crippen LogP contribution in [-0.2, 0) is 20.0 Å². The molecule has 5 heteroatoms. The number of anilines is 1. The Morgan fingerprint density at radius 2 is 1.93 bits per heavy atom. The molecule has 0 fully saturated rings. The summed E-state index contributed by atoms with van der Waals surface area (Å²) in [6.45, 7) is 2.56. The van der Waals surface area contributed by atoms with Crippen molar-refractivity contribution < 1.29 is 0 Å². The molecule has 0 radical (unpaired) electrons. The molecule has 15 heavy (non-hydrogen) atoms. The Kier molecular flexibility index (Phi) is 1.60. The SMILES string of the molecule is Cn1c(=O)c2c3n(c1=O)CCN3CCC2. The highest BCUT2D eigenvalue weighted by molar-refractivity contribution is 5.51. The molecule has 1 aromatic heterocycles. The summed E-state index contributed by atoms with van der Waals surface area (Å²) in [6, 6.07) is 0. The fraction of sp³-hybridized carbons (Fsp3) is 0.600. The van der Waals surface area contributed by atoms with E-state index < -0.39 is 0 Å². The summed E-state index contributed by atoms with van der Waals surface area (Å²) in [7, 11) is 1.56. The molecule has 0 unspecified atom stereocenters. The van der Waals surface area contributed by atoms with Crippen molar-refractivity contribution in [3.05, 3.63) is 26.4 Å². The lowest BCUT2D eigenvalue weighted by atomic mass is 10.1. The molecule has 5 nitrogen and oxygen atoms in total.